The number of nitrogens with one attached hydrogen (secondary N) is 2. The minimum atomic E-state index is 0.0379. The van der Waals surface area contributed by atoms with E-state index < -0.39 is 0 Å². The van der Waals surface area contributed by atoms with Crippen molar-refractivity contribution in [3.05, 3.63) is 0 Å². The minimum Gasteiger partial charge on any atom is -0.355 e. The highest BCUT2D eigenvalue weighted by molar-refractivity contribution is 7.98. The van der Waals surface area contributed by atoms with Gasteiger partial charge in [0.2, 0.25) is 11.8 Å². The zero-order valence-corrected chi connectivity index (χ0v) is 12.2. The first-order chi connectivity index (χ1) is 8.20. The maximum Gasteiger partial charge on any atom is 0.220 e. The molecule has 0 aromatic rings. The molecule has 0 unspecified atom stereocenters. The second-order valence-electron chi connectivity index (χ2n) is 3.54. The Hall–Kier alpha value is -0.360. The minimum absolute atomic E-state index is 0.0379. The van der Waals surface area contributed by atoms with Crippen LogP contribution in [0.25, 0.3) is 0 Å². The molecule has 0 aromatic heterocycles. The van der Waals surface area contributed by atoms with Gasteiger partial charge >= 0.3 is 0 Å². The summed E-state index contributed by atoms with van der Waals surface area (Å²) in [5.41, 5.74) is 0. The van der Waals surface area contributed by atoms with Crippen LogP contribution < -0.4 is 10.6 Å². The average Bonchev–Trinajstić information content (AvgIpc) is 2.30. The first-order valence-corrected chi connectivity index (χ1v) is 8.50. The van der Waals surface area contributed by atoms with E-state index in [0.717, 1.165) is 11.5 Å². The lowest BCUT2D eigenvalue weighted by molar-refractivity contribution is -0.122. The Balaban J connectivity index is 3.36. The predicted octanol–water partition coefficient (Wildman–Crippen LogP) is 1.12. The van der Waals surface area contributed by atoms with Crippen LogP contribution >= 0.6 is 23.5 Å². The molecule has 0 fully saturated rings. The summed E-state index contributed by atoms with van der Waals surface area (Å²) in [5, 5.41) is 5.63. The number of amides is 2. The highest BCUT2D eigenvalue weighted by Crippen LogP contribution is 1.96. The SMILES string of the molecule is CSCCNC(=O)CCCC(=O)NCCSC. The number of carbonyl (C=O) groups excluding carboxylic acids is 2. The first-order valence-electron chi connectivity index (χ1n) is 5.72. The fourth-order valence-electron chi connectivity index (χ4n) is 1.17. The number of hydrogen-bond donors (Lipinski definition) is 2. The zero-order valence-electron chi connectivity index (χ0n) is 10.6. The molecule has 0 aliphatic carbocycles. The Morgan fingerprint density at radius 2 is 1.29 bits per heavy atom. The van der Waals surface area contributed by atoms with Gasteiger partial charge in [0.25, 0.3) is 0 Å². The van der Waals surface area contributed by atoms with Crippen LogP contribution in [0.1, 0.15) is 19.3 Å². The maximum atomic E-state index is 11.3. The lowest BCUT2D eigenvalue weighted by Crippen LogP contribution is -2.27. The van der Waals surface area contributed by atoms with Crippen LogP contribution in [0, 0.1) is 0 Å². The molecule has 0 radical (unpaired) electrons. The fraction of sp³-hybridized carbons (Fsp3) is 0.818. The molecule has 0 heterocycles. The number of thioether (sulfide) groups is 2. The van der Waals surface area contributed by atoms with E-state index in [1.165, 1.54) is 0 Å². The van der Waals surface area contributed by atoms with Crippen LogP contribution in [0.3, 0.4) is 0 Å². The Labute approximate surface area is 112 Å². The van der Waals surface area contributed by atoms with Crippen molar-refractivity contribution in [1.82, 2.24) is 10.6 Å². The van der Waals surface area contributed by atoms with Gasteiger partial charge < -0.3 is 10.6 Å². The molecule has 0 aliphatic rings. The molecule has 0 aromatic carbocycles. The highest BCUT2D eigenvalue weighted by Gasteiger charge is 2.04. The van der Waals surface area contributed by atoms with E-state index in [9.17, 15) is 9.59 Å². The third-order valence-electron chi connectivity index (χ3n) is 2.06. The average molecular weight is 278 g/mol. The summed E-state index contributed by atoms with van der Waals surface area (Å²) in [6.07, 6.45) is 5.50. The van der Waals surface area contributed by atoms with E-state index in [1.807, 2.05) is 12.5 Å². The summed E-state index contributed by atoms with van der Waals surface area (Å²) in [6, 6.07) is 0. The summed E-state index contributed by atoms with van der Waals surface area (Å²) < 4.78 is 0. The van der Waals surface area contributed by atoms with Crippen LogP contribution in [-0.4, -0.2) is 48.9 Å². The van der Waals surface area contributed by atoms with Crippen LogP contribution in [0.15, 0.2) is 0 Å². The third-order valence-corrected chi connectivity index (χ3v) is 3.29. The van der Waals surface area contributed by atoms with Crippen molar-refractivity contribution in [2.24, 2.45) is 0 Å². The van der Waals surface area contributed by atoms with Gasteiger partial charge in [-0.05, 0) is 18.9 Å². The summed E-state index contributed by atoms with van der Waals surface area (Å²) in [6.45, 7) is 1.42. The second-order valence-corrected chi connectivity index (χ2v) is 5.51. The summed E-state index contributed by atoms with van der Waals surface area (Å²) in [4.78, 5) is 22.6. The molecular formula is C11H22N2O2S2. The summed E-state index contributed by atoms with van der Waals surface area (Å²) >= 11 is 3.41. The number of carbonyl (C=O) groups is 2. The van der Waals surface area contributed by atoms with Gasteiger partial charge in [-0.3, -0.25) is 9.59 Å². The van der Waals surface area contributed by atoms with Crippen molar-refractivity contribution in [3.63, 3.8) is 0 Å². The normalized spacial score (nSPS) is 10.0. The van der Waals surface area contributed by atoms with Gasteiger partial charge in [-0.1, -0.05) is 0 Å². The molecule has 6 heteroatoms. The van der Waals surface area contributed by atoms with Crippen LogP contribution in [0.2, 0.25) is 0 Å². The maximum absolute atomic E-state index is 11.3. The second kappa shape index (κ2) is 12.1. The van der Waals surface area contributed by atoms with Crippen molar-refractivity contribution >= 4 is 35.3 Å². The van der Waals surface area contributed by atoms with E-state index in [0.29, 0.717) is 32.4 Å². The predicted molar refractivity (Wildman–Crippen MR) is 76.6 cm³/mol. The van der Waals surface area contributed by atoms with Gasteiger partial charge in [0.05, 0.1) is 0 Å². The molecule has 100 valence electrons. The standard InChI is InChI=1S/C11H22N2O2S2/c1-16-8-6-12-10(14)4-3-5-11(15)13-7-9-17-2/h3-9H2,1-2H3,(H,12,14)(H,13,15). The lowest BCUT2D eigenvalue weighted by Gasteiger charge is -2.05. The van der Waals surface area contributed by atoms with Crippen LogP contribution in [0.5, 0.6) is 0 Å². The lowest BCUT2D eigenvalue weighted by atomic mass is 10.2. The Morgan fingerprint density at radius 1 is 0.882 bits per heavy atom. The smallest absolute Gasteiger partial charge is 0.220 e. The summed E-state index contributed by atoms with van der Waals surface area (Å²) in [7, 11) is 0. The number of hydrogen-bond acceptors (Lipinski definition) is 4. The fourth-order valence-corrected chi connectivity index (χ4v) is 1.78. The van der Waals surface area contributed by atoms with E-state index >= 15 is 0 Å². The topological polar surface area (TPSA) is 58.2 Å². The Bertz CT molecular complexity index is 204. The molecular weight excluding hydrogens is 256 g/mol. The van der Waals surface area contributed by atoms with Gasteiger partial charge in [0, 0.05) is 37.4 Å². The van der Waals surface area contributed by atoms with Crippen LogP contribution in [0.4, 0.5) is 0 Å². The van der Waals surface area contributed by atoms with Gasteiger partial charge in [-0.25, -0.2) is 0 Å². The molecule has 4 nitrogen and oxygen atoms in total. The molecule has 2 N–H and O–H groups in total. The monoisotopic (exact) mass is 278 g/mol. The van der Waals surface area contributed by atoms with Crippen LogP contribution in [-0.2, 0) is 9.59 Å². The molecule has 0 atom stereocenters. The third kappa shape index (κ3) is 11.9. The quantitative estimate of drug-likeness (QED) is 0.588. The summed E-state index contributed by atoms with van der Waals surface area (Å²) in [5.74, 6) is 1.94. The molecule has 0 bridgehead atoms. The highest BCUT2D eigenvalue weighted by atomic mass is 32.2. The van der Waals surface area contributed by atoms with Crippen molar-refractivity contribution in [2.45, 2.75) is 19.3 Å². The van der Waals surface area contributed by atoms with Crippen molar-refractivity contribution in [2.75, 3.05) is 37.1 Å². The molecule has 0 rings (SSSR count). The molecule has 2 amide bonds. The van der Waals surface area contributed by atoms with E-state index in [-0.39, 0.29) is 11.8 Å². The van der Waals surface area contributed by atoms with Crippen molar-refractivity contribution in [3.8, 4) is 0 Å². The Morgan fingerprint density at radius 3 is 1.65 bits per heavy atom. The Kier molecular flexibility index (Phi) is 11.8. The first kappa shape index (κ1) is 16.6. The molecule has 0 saturated heterocycles. The zero-order chi connectivity index (χ0) is 12.9. The van der Waals surface area contributed by atoms with Gasteiger partial charge in [0.1, 0.15) is 0 Å². The number of rotatable bonds is 10. The van der Waals surface area contributed by atoms with Gasteiger partial charge in [0.15, 0.2) is 0 Å². The molecule has 0 aliphatic heterocycles. The van der Waals surface area contributed by atoms with Gasteiger partial charge in [-0.2, -0.15) is 23.5 Å². The van der Waals surface area contributed by atoms with Gasteiger partial charge in [-0.15, -0.1) is 0 Å². The molecule has 0 saturated carbocycles. The van der Waals surface area contributed by atoms with E-state index in [4.69, 9.17) is 0 Å². The van der Waals surface area contributed by atoms with E-state index in [1.54, 1.807) is 23.5 Å². The largest absolute Gasteiger partial charge is 0.355 e. The molecule has 17 heavy (non-hydrogen) atoms. The van der Waals surface area contributed by atoms with E-state index in [2.05, 4.69) is 10.6 Å². The van der Waals surface area contributed by atoms with Crippen molar-refractivity contribution < 1.29 is 9.59 Å². The van der Waals surface area contributed by atoms with Crippen molar-refractivity contribution in [1.29, 1.82) is 0 Å². The molecule has 0 spiro atoms.